The van der Waals surface area contributed by atoms with E-state index in [-0.39, 0.29) is 5.91 Å². The average Bonchev–Trinajstić information content (AvgIpc) is 3.43. The molecule has 0 aliphatic carbocycles. The third-order valence-electron chi connectivity index (χ3n) is 5.62. The third-order valence-corrected chi connectivity index (χ3v) is 6.49. The number of hydrogen-bond acceptors (Lipinski definition) is 7. The van der Waals surface area contributed by atoms with Gasteiger partial charge in [-0.1, -0.05) is 37.9 Å². The molecule has 1 unspecified atom stereocenters. The van der Waals surface area contributed by atoms with E-state index in [2.05, 4.69) is 34.2 Å². The van der Waals surface area contributed by atoms with Crippen LogP contribution in [-0.4, -0.2) is 59.8 Å². The van der Waals surface area contributed by atoms with Gasteiger partial charge in [-0.2, -0.15) is 4.98 Å². The fourth-order valence-corrected chi connectivity index (χ4v) is 4.55. The van der Waals surface area contributed by atoms with Crippen molar-refractivity contribution in [3.63, 3.8) is 0 Å². The second kappa shape index (κ2) is 11.4. The molecule has 160 valence electrons. The predicted octanol–water partition coefficient (Wildman–Crippen LogP) is 3.37. The van der Waals surface area contributed by atoms with Gasteiger partial charge in [0.2, 0.25) is 17.6 Å². The Balaban J connectivity index is 1.43. The zero-order valence-electron chi connectivity index (χ0n) is 17.4. The molecule has 0 spiro atoms. The van der Waals surface area contributed by atoms with Gasteiger partial charge in [0.25, 0.3) is 0 Å². The van der Waals surface area contributed by atoms with Crippen LogP contribution in [0.4, 0.5) is 0 Å². The van der Waals surface area contributed by atoms with Crippen molar-refractivity contribution in [3.05, 3.63) is 23.4 Å². The summed E-state index contributed by atoms with van der Waals surface area (Å²) in [5, 5.41) is 9.16. The van der Waals surface area contributed by atoms with Crippen LogP contribution in [-0.2, 0) is 16.0 Å². The van der Waals surface area contributed by atoms with E-state index in [1.54, 1.807) is 11.3 Å². The Morgan fingerprint density at radius 2 is 2.10 bits per heavy atom. The van der Waals surface area contributed by atoms with Gasteiger partial charge in [0, 0.05) is 38.5 Å². The summed E-state index contributed by atoms with van der Waals surface area (Å²) >= 11 is 1.58. The van der Waals surface area contributed by atoms with E-state index in [0.717, 1.165) is 44.0 Å². The number of ether oxygens (including phenoxy) is 1. The summed E-state index contributed by atoms with van der Waals surface area (Å²) < 4.78 is 10.8. The van der Waals surface area contributed by atoms with Gasteiger partial charge in [-0.15, -0.1) is 11.3 Å². The van der Waals surface area contributed by atoms with Crippen molar-refractivity contribution < 1.29 is 14.1 Å². The molecule has 8 heteroatoms. The number of thiophene rings is 1. The average molecular weight is 421 g/mol. The Kier molecular flexibility index (Phi) is 8.64. The summed E-state index contributed by atoms with van der Waals surface area (Å²) in [5.74, 6) is 1.89. The molecular formula is C21H32N4O3S. The lowest BCUT2D eigenvalue weighted by molar-refractivity contribution is -0.121. The van der Waals surface area contributed by atoms with Gasteiger partial charge in [0.1, 0.15) is 0 Å². The van der Waals surface area contributed by atoms with Crippen LogP contribution in [0.1, 0.15) is 45.4 Å². The first-order valence-electron chi connectivity index (χ1n) is 10.7. The fourth-order valence-electron chi connectivity index (χ4n) is 3.91. The van der Waals surface area contributed by atoms with E-state index in [1.165, 1.54) is 0 Å². The van der Waals surface area contributed by atoms with Gasteiger partial charge >= 0.3 is 0 Å². The summed E-state index contributed by atoms with van der Waals surface area (Å²) in [6.07, 6.45) is 4.03. The topological polar surface area (TPSA) is 80.5 Å². The highest BCUT2D eigenvalue weighted by Gasteiger charge is 2.27. The highest BCUT2D eigenvalue weighted by molar-refractivity contribution is 7.13. The molecular weight excluding hydrogens is 388 g/mol. The first-order chi connectivity index (χ1) is 14.2. The molecule has 1 amide bonds. The number of carbonyl (C=O) groups is 1. The molecule has 1 aliphatic heterocycles. The summed E-state index contributed by atoms with van der Waals surface area (Å²) in [5.41, 5.74) is 0. The summed E-state index contributed by atoms with van der Waals surface area (Å²) in [6, 6.07) is 4.31. The van der Waals surface area contributed by atoms with Crippen LogP contribution in [0.2, 0.25) is 0 Å². The maximum atomic E-state index is 12.4. The van der Waals surface area contributed by atoms with Crippen LogP contribution >= 0.6 is 11.3 Å². The van der Waals surface area contributed by atoms with Gasteiger partial charge in [-0.25, -0.2) is 0 Å². The van der Waals surface area contributed by atoms with Crippen LogP contribution in [0.3, 0.4) is 0 Å². The van der Waals surface area contributed by atoms with E-state index in [9.17, 15) is 4.79 Å². The molecule has 1 atom stereocenters. The van der Waals surface area contributed by atoms with Crippen molar-refractivity contribution in [2.75, 3.05) is 32.8 Å². The Hall–Kier alpha value is -1.77. The first kappa shape index (κ1) is 21.9. The van der Waals surface area contributed by atoms with Gasteiger partial charge < -0.3 is 14.6 Å². The number of nitrogens with zero attached hydrogens (tertiary/aromatic N) is 3. The van der Waals surface area contributed by atoms with E-state index in [0.29, 0.717) is 49.5 Å². The monoisotopic (exact) mass is 420 g/mol. The lowest BCUT2D eigenvalue weighted by Gasteiger charge is -2.38. The largest absolute Gasteiger partial charge is 0.379 e. The van der Waals surface area contributed by atoms with E-state index in [1.807, 2.05) is 17.5 Å². The Bertz CT molecular complexity index is 724. The standard InChI is InChI=1S/C21H32N4O3S/c1-3-16(4-2)17(25-10-12-27-13-11-25)15-22-19(26)8-5-9-20-23-21(24-28-20)18-7-6-14-29-18/h6-7,14,16-17H,3-5,8-13,15H2,1-2H3,(H,22,26). The van der Waals surface area contributed by atoms with Crippen LogP contribution in [0, 0.1) is 5.92 Å². The first-order valence-corrected chi connectivity index (χ1v) is 11.5. The van der Waals surface area contributed by atoms with Crippen molar-refractivity contribution >= 4 is 17.2 Å². The lowest BCUT2D eigenvalue weighted by Crippen LogP contribution is -2.52. The number of amides is 1. The van der Waals surface area contributed by atoms with Crippen LogP contribution in [0.5, 0.6) is 0 Å². The van der Waals surface area contributed by atoms with Gasteiger partial charge in [0.15, 0.2) is 0 Å². The fraction of sp³-hybridized carbons (Fsp3) is 0.667. The molecule has 7 nitrogen and oxygen atoms in total. The van der Waals surface area contributed by atoms with E-state index >= 15 is 0 Å². The van der Waals surface area contributed by atoms with Crippen molar-refractivity contribution in [3.8, 4) is 10.7 Å². The highest BCUT2D eigenvalue weighted by Crippen LogP contribution is 2.22. The van der Waals surface area contributed by atoms with Crippen LogP contribution in [0.25, 0.3) is 10.7 Å². The Morgan fingerprint density at radius 1 is 1.31 bits per heavy atom. The number of morpholine rings is 1. The molecule has 3 rings (SSSR count). The minimum absolute atomic E-state index is 0.0900. The number of hydrogen-bond donors (Lipinski definition) is 1. The summed E-state index contributed by atoms with van der Waals surface area (Å²) in [4.78, 5) is 20.3. The SMILES string of the molecule is CCC(CC)C(CNC(=O)CCCc1nc(-c2cccs2)no1)N1CCOCC1. The van der Waals surface area contributed by atoms with E-state index in [4.69, 9.17) is 9.26 Å². The summed E-state index contributed by atoms with van der Waals surface area (Å²) in [7, 11) is 0. The quantitative estimate of drug-likeness (QED) is 0.600. The van der Waals surface area contributed by atoms with Crippen LogP contribution < -0.4 is 5.32 Å². The molecule has 3 heterocycles. The van der Waals surface area contributed by atoms with Gasteiger partial charge in [-0.05, 0) is 23.8 Å². The molecule has 1 fully saturated rings. The molecule has 0 radical (unpaired) electrons. The minimum atomic E-state index is 0.0900. The molecule has 1 N–H and O–H groups in total. The maximum absolute atomic E-state index is 12.4. The van der Waals surface area contributed by atoms with E-state index < -0.39 is 0 Å². The Labute approximate surface area is 176 Å². The zero-order valence-corrected chi connectivity index (χ0v) is 18.2. The number of aromatic nitrogens is 2. The second-order valence-electron chi connectivity index (χ2n) is 7.44. The van der Waals surface area contributed by atoms with Crippen molar-refractivity contribution in [2.24, 2.45) is 5.92 Å². The number of carbonyl (C=O) groups excluding carboxylic acids is 1. The van der Waals surface area contributed by atoms with Gasteiger partial charge in [-0.3, -0.25) is 9.69 Å². The number of nitrogens with one attached hydrogen (secondary N) is 1. The summed E-state index contributed by atoms with van der Waals surface area (Å²) in [6.45, 7) is 8.62. The molecule has 2 aromatic heterocycles. The Morgan fingerprint density at radius 3 is 2.79 bits per heavy atom. The normalized spacial score (nSPS) is 16.2. The molecule has 0 aromatic carbocycles. The number of rotatable bonds is 11. The van der Waals surface area contributed by atoms with Gasteiger partial charge in [0.05, 0.1) is 18.1 Å². The minimum Gasteiger partial charge on any atom is -0.379 e. The highest BCUT2D eigenvalue weighted by atomic mass is 32.1. The third kappa shape index (κ3) is 6.35. The molecule has 2 aromatic rings. The molecule has 1 aliphatic rings. The maximum Gasteiger partial charge on any atom is 0.226 e. The molecule has 1 saturated heterocycles. The predicted molar refractivity (Wildman–Crippen MR) is 114 cm³/mol. The number of aryl methyl sites for hydroxylation is 1. The molecule has 0 saturated carbocycles. The second-order valence-corrected chi connectivity index (χ2v) is 8.39. The van der Waals surface area contributed by atoms with Crippen molar-refractivity contribution in [1.82, 2.24) is 20.4 Å². The smallest absolute Gasteiger partial charge is 0.226 e. The zero-order chi connectivity index (χ0) is 20.5. The molecule has 29 heavy (non-hydrogen) atoms. The van der Waals surface area contributed by atoms with Crippen molar-refractivity contribution in [1.29, 1.82) is 0 Å². The van der Waals surface area contributed by atoms with Crippen LogP contribution in [0.15, 0.2) is 22.0 Å². The van der Waals surface area contributed by atoms with Crippen molar-refractivity contribution in [2.45, 2.75) is 52.0 Å². The molecule has 0 bridgehead atoms. The lowest BCUT2D eigenvalue weighted by atomic mass is 9.92.